The SMILES string of the molecule is CCCOCN(COCCC)C(=O)N(CSCCC[Si](OCCC)(OCCC)OCCC)CSCCC[Si](OCCC)(OCCC)OCCC. The van der Waals surface area contributed by atoms with Crippen LogP contribution in [0.4, 0.5) is 4.79 Å². The molecule has 0 saturated heterocycles. The fourth-order valence-corrected chi connectivity index (χ4v) is 12.6. The smallest absolute Gasteiger partial charge is 0.373 e. The number of urea groups is 1. The molecule has 0 unspecified atom stereocenters. The van der Waals surface area contributed by atoms with Crippen LogP contribution in [0.15, 0.2) is 0 Å². The van der Waals surface area contributed by atoms with Crippen molar-refractivity contribution in [3.63, 3.8) is 0 Å². The second kappa shape index (κ2) is 34.8. The summed E-state index contributed by atoms with van der Waals surface area (Å²) in [6, 6.07) is 1.48. The number of amides is 2. The van der Waals surface area contributed by atoms with Crippen LogP contribution in [0.2, 0.25) is 12.1 Å². The van der Waals surface area contributed by atoms with Crippen molar-refractivity contribution in [2.24, 2.45) is 0 Å². The Labute approximate surface area is 317 Å². The van der Waals surface area contributed by atoms with Gasteiger partial charge in [0, 0.05) is 64.9 Å². The zero-order chi connectivity index (χ0) is 37.2. The Morgan fingerprint density at radius 2 is 0.760 bits per heavy atom. The number of ether oxygens (including phenoxy) is 2. The van der Waals surface area contributed by atoms with Crippen LogP contribution in [0.25, 0.3) is 0 Å². The third-order valence-corrected chi connectivity index (χ3v) is 14.9. The van der Waals surface area contributed by atoms with E-state index in [1.54, 1.807) is 28.4 Å². The van der Waals surface area contributed by atoms with Gasteiger partial charge in [-0.1, -0.05) is 55.4 Å². The van der Waals surface area contributed by atoms with Gasteiger partial charge in [0.05, 0.1) is 11.8 Å². The van der Waals surface area contributed by atoms with E-state index in [1.807, 2.05) is 4.90 Å². The van der Waals surface area contributed by atoms with Gasteiger partial charge in [0.15, 0.2) is 0 Å². The highest BCUT2D eigenvalue weighted by molar-refractivity contribution is 8.00. The maximum atomic E-state index is 13.9. The number of carbonyl (C=O) groups is 1. The molecule has 2 amide bonds. The molecular formula is C35H76N2O9S2Si2. The maximum absolute atomic E-state index is 13.9. The van der Waals surface area contributed by atoms with Gasteiger partial charge in [0.25, 0.3) is 0 Å². The van der Waals surface area contributed by atoms with Crippen molar-refractivity contribution in [2.45, 2.75) is 132 Å². The van der Waals surface area contributed by atoms with Crippen LogP contribution in [-0.4, -0.2) is 123 Å². The lowest BCUT2D eigenvalue weighted by Gasteiger charge is -2.31. The normalized spacial score (nSPS) is 12.2. The topological polar surface area (TPSA) is 97.4 Å². The quantitative estimate of drug-likeness (QED) is 0.0341. The summed E-state index contributed by atoms with van der Waals surface area (Å²) in [6.07, 6.45) is 9.13. The summed E-state index contributed by atoms with van der Waals surface area (Å²) in [6.45, 7) is 22.3. The summed E-state index contributed by atoms with van der Waals surface area (Å²) in [5.74, 6) is 2.87. The Balaban J connectivity index is 5.59. The van der Waals surface area contributed by atoms with Gasteiger partial charge >= 0.3 is 23.6 Å². The lowest BCUT2D eigenvalue weighted by atomic mass is 10.5. The summed E-state index contributed by atoms with van der Waals surface area (Å²) in [5, 5.41) is 0. The molecule has 0 aromatic carbocycles. The highest BCUT2D eigenvalue weighted by atomic mass is 32.2. The molecule has 0 bridgehead atoms. The molecule has 0 aliphatic rings. The minimum absolute atomic E-state index is 0.0719. The number of rotatable bonds is 38. The molecule has 0 heterocycles. The Morgan fingerprint density at radius 1 is 0.460 bits per heavy atom. The van der Waals surface area contributed by atoms with Gasteiger partial charge in [-0.2, -0.15) is 0 Å². The van der Waals surface area contributed by atoms with Crippen molar-refractivity contribution in [1.82, 2.24) is 9.80 Å². The maximum Gasteiger partial charge on any atom is 0.500 e. The molecule has 0 aliphatic carbocycles. The third-order valence-electron chi connectivity index (χ3n) is 6.93. The lowest BCUT2D eigenvalue weighted by molar-refractivity contribution is -0.0266. The van der Waals surface area contributed by atoms with Crippen molar-refractivity contribution in [2.75, 3.05) is 89.6 Å². The monoisotopic (exact) mass is 788 g/mol. The van der Waals surface area contributed by atoms with Crippen molar-refractivity contribution < 1.29 is 40.8 Å². The van der Waals surface area contributed by atoms with Gasteiger partial charge < -0.3 is 40.9 Å². The fourth-order valence-electron chi connectivity index (χ4n) is 4.49. The summed E-state index contributed by atoms with van der Waals surface area (Å²) >= 11 is 3.51. The molecular weight excluding hydrogens is 713 g/mol. The standard InChI is InChI=1S/C35H76N2O9S2Si2/c1-9-19-39-31-36(32-40-20-10-2)35(38)37(33-47-27-17-29-49(41-21-11-3,42-22-12-4)43-23-13-5)34-48-28-18-30-50(44-24-14-6,45-25-15-7)46-26-16-8/h9-34H2,1-8H3. The second-order valence-corrected chi connectivity index (χ2v) is 19.8. The van der Waals surface area contributed by atoms with Gasteiger partial charge in [0.2, 0.25) is 0 Å². The molecule has 11 nitrogen and oxygen atoms in total. The number of carbonyl (C=O) groups excluding carboxylic acids is 1. The Kier molecular flexibility index (Phi) is 34.9. The van der Waals surface area contributed by atoms with Gasteiger partial charge in [-0.05, 0) is 75.7 Å². The van der Waals surface area contributed by atoms with E-state index in [9.17, 15) is 4.79 Å². The van der Waals surface area contributed by atoms with Crippen LogP contribution >= 0.6 is 23.5 Å². The summed E-state index contributed by atoms with van der Waals surface area (Å²) in [5.41, 5.74) is 0. The van der Waals surface area contributed by atoms with E-state index >= 15 is 0 Å². The van der Waals surface area contributed by atoms with Crippen LogP contribution in [0.5, 0.6) is 0 Å². The van der Waals surface area contributed by atoms with Crippen LogP contribution in [-0.2, 0) is 36.0 Å². The zero-order valence-electron chi connectivity index (χ0n) is 33.3. The van der Waals surface area contributed by atoms with E-state index < -0.39 is 17.6 Å². The van der Waals surface area contributed by atoms with E-state index in [2.05, 4.69) is 55.4 Å². The van der Waals surface area contributed by atoms with Gasteiger partial charge in [-0.15, -0.1) is 23.5 Å². The summed E-state index contributed by atoms with van der Waals surface area (Å²) < 4.78 is 49.4. The van der Waals surface area contributed by atoms with Crippen molar-refractivity contribution in [1.29, 1.82) is 0 Å². The average molecular weight is 789 g/mol. The fraction of sp³-hybridized carbons (Fsp3) is 0.971. The molecule has 300 valence electrons. The predicted octanol–water partition coefficient (Wildman–Crippen LogP) is 9.08. The molecule has 0 aromatic heterocycles. The number of hydrogen-bond donors (Lipinski definition) is 0. The van der Waals surface area contributed by atoms with Crippen LogP contribution < -0.4 is 0 Å². The van der Waals surface area contributed by atoms with E-state index in [0.29, 0.717) is 64.6 Å². The molecule has 0 aromatic rings. The van der Waals surface area contributed by atoms with E-state index in [1.165, 1.54) is 0 Å². The lowest BCUT2D eigenvalue weighted by Crippen LogP contribution is -2.47. The highest BCUT2D eigenvalue weighted by Crippen LogP contribution is 2.24. The Bertz CT molecular complexity index is 673. The first-order chi connectivity index (χ1) is 24.4. The second-order valence-electron chi connectivity index (χ2n) is 12.2. The molecule has 50 heavy (non-hydrogen) atoms. The predicted molar refractivity (Wildman–Crippen MR) is 214 cm³/mol. The van der Waals surface area contributed by atoms with Gasteiger partial charge in [-0.3, -0.25) is 4.90 Å². The first-order valence-electron chi connectivity index (χ1n) is 19.5. The third kappa shape index (κ3) is 24.4. The van der Waals surface area contributed by atoms with Crippen LogP contribution in [0, 0.1) is 0 Å². The minimum Gasteiger partial charge on any atom is -0.373 e. The van der Waals surface area contributed by atoms with Gasteiger partial charge in [-0.25, -0.2) is 4.79 Å². The number of nitrogens with zero attached hydrogens (tertiary/aromatic N) is 2. The molecule has 0 saturated carbocycles. The van der Waals surface area contributed by atoms with Gasteiger partial charge in [0.1, 0.15) is 13.5 Å². The Morgan fingerprint density at radius 3 is 1.04 bits per heavy atom. The first kappa shape index (κ1) is 50.1. The van der Waals surface area contributed by atoms with E-state index in [-0.39, 0.29) is 19.5 Å². The molecule has 0 aliphatic heterocycles. The van der Waals surface area contributed by atoms with Crippen LogP contribution in [0.3, 0.4) is 0 Å². The summed E-state index contributed by atoms with van der Waals surface area (Å²) in [7, 11) is -5.50. The van der Waals surface area contributed by atoms with Crippen molar-refractivity contribution >= 4 is 47.2 Å². The molecule has 0 radical (unpaired) electrons. The molecule has 0 fully saturated rings. The minimum atomic E-state index is -2.75. The average Bonchev–Trinajstić information content (AvgIpc) is 3.13. The highest BCUT2D eigenvalue weighted by Gasteiger charge is 2.41. The summed E-state index contributed by atoms with van der Waals surface area (Å²) in [4.78, 5) is 17.5. The largest absolute Gasteiger partial charge is 0.500 e. The number of hydrogen-bond acceptors (Lipinski definition) is 11. The first-order valence-corrected chi connectivity index (χ1v) is 25.7. The van der Waals surface area contributed by atoms with Crippen molar-refractivity contribution in [3.8, 4) is 0 Å². The Hall–Kier alpha value is 0.0838. The number of thioether (sulfide) groups is 2. The van der Waals surface area contributed by atoms with Crippen LogP contribution in [0.1, 0.15) is 120 Å². The molecule has 0 spiro atoms. The zero-order valence-corrected chi connectivity index (χ0v) is 36.9. The molecule has 0 rings (SSSR count). The molecule has 0 N–H and O–H groups in total. The molecule has 0 atom stereocenters. The molecule has 15 heteroatoms. The van der Waals surface area contributed by atoms with Crippen molar-refractivity contribution in [3.05, 3.63) is 0 Å². The van der Waals surface area contributed by atoms with E-state index in [0.717, 1.165) is 87.8 Å². The van der Waals surface area contributed by atoms with E-state index in [4.69, 9.17) is 36.0 Å².